The highest BCUT2D eigenvalue weighted by Gasteiger charge is 2.23. The van der Waals surface area contributed by atoms with Gasteiger partial charge in [0.25, 0.3) is 5.91 Å². The zero-order valence-corrected chi connectivity index (χ0v) is 20.7. The van der Waals surface area contributed by atoms with Crippen molar-refractivity contribution in [1.82, 2.24) is 4.98 Å². The third kappa shape index (κ3) is 4.12. The average molecular weight is 523 g/mol. The van der Waals surface area contributed by atoms with Crippen LogP contribution in [0, 0.1) is 0 Å². The van der Waals surface area contributed by atoms with Gasteiger partial charge >= 0.3 is 0 Å². The molecule has 3 aromatic carbocycles. The molecule has 174 valence electrons. The quantitative estimate of drug-likeness (QED) is 0.323. The first-order valence-corrected chi connectivity index (χ1v) is 11.1. The highest BCUT2D eigenvalue weighted by Crippen LogP contribution is 2.45. The number of rotatable bonds is 7. The van der Waals surface area contributed by atoms with E-state index in [0.29, 0.717) is 38.7 Å². The van der Waals surface area contributed by atoms with E-state index in [1.54, 1.807) is 38.7 Å². The second-order valence-corrected chi connectivity index (χ2v) is 8.10. The molecule has 0 saturated heterocycles. The Morgan fingerprint density at radius 1 is 0.853 bits per heavy atom. The molecule has 0 atom stereocenters. The number of amides is 1. The van der Waals surface area contributed by atoms with Gasteiger partial charge in [-0.15, -0.1) is 0 Å². The van der Waals surface area contributed by atoms with Gasteiger partial charge in [0.15, 0.2) is 23.0 Å². The predicted octanol–water partition coefficient (Wildman–Crippen LogP) is 5.95. The van der Waals surface area contributed by atoms with E-state index in [1.165, 1.54) is 14.2 Å². The maximum Gasteiger partial charge on any atom is 0.260 e. The van der Waals surface area contributed by atoms with Crippen LogP contribution in [-0.4, -0.2) is 39.3 Å². The second kappa shape index (κ2) is 10.0. The summed E-state index contributed by atoms with van der Waals surface area (Å²) >= 11 is 3.46. The monoisotopic (exact) mass is 522 g/mol. The lowest BCUT2D eigenvalue weighted by Crippen LogP contribution is -2.15. The first-order chi connectivity index (χ1) is 16.5. The number of nitrogens with one attached hydrogen (secondary N) is 1. The maximum absolute atomic E-state index is 13.4. The summed E-state index contributed by atoms with van der Waals surface area (Å²) in [6.45, 7) is 0. The van der Waals surface area contributed by atoms with E-state index in [4.69, 9.17) is 18.9 Å². The van der Waals surface area contributed by atoms with Crippen molar-refractivity contribution in [1.29, 1.82) is 0 Å². The molecular formula is C26H23BrN2O5. The summed E-state index contributed by atoms with van der Waals surface area (Å²) in [5.41, 5.74) is 2.61. The van der Waals surface area contributed by atoms with Gasteiger partial charge in [0.1, 0.15) is 0 Å². The number of benzene rings is 3. The van der Waals surface area contributed by atoms with Crippen molar-refractivity contribution in [3.05, 3.63) is 71.0 Å². The SMILES string of the molecule is COc1ccc(Br)c(C(=O)Nc2cccc3c(-c4cccnc4)c(OC)c(OC)cc23)c1OC. The van der Waals surface area contributed by atoms with E-state index < -0.39 is 0 Å². The molecule has 0 bridgehead atoms. The molecule has 0 aliphatic heterocycles. The number of aromatic nitrogens is 1. The van der Waals surface area contributed by atoms with Crippen molar-refractivity contribution in [2.75, 3.05) is 33.8 Å². The minimum absolute atomic E-state index is 0.326. The van der Waals surface area contributed by atoms with Gasteiger partial charge in [-0.2, -0.15) is 0 Å². The Hall–Kier alpha value is -3.78. The third-order valence-corrected chi connectivity index (χ3v) is 6.11. The number of fused-ring (bicyclic) bond motifs is 1. The topological polar surface area (TPSA) is 78.9 Å². The molecule has 1 amide bonds. The molecule has 0 aliphatic carbocycles. The molecule has 0 saturated carbocycles. The number of pyridine rings is 1. The molecule has 1 N–H and O–H groups in total. The molecule has 0 aliphatic rings. The lowest BCUT2D eigenvalue weighted by atomic mass is 9.96. The van der Waals surface area contributed by atoms with Gasteiger partial charge in [-0.05, 0) is 51.6 Å². The van der Waals surface area contributed by atoms with Gasteiger partial charge in [-0.25, -0.2) is 0 Å². The number of carbonyl (C=O) groups excluding carboxylic acids is 1. The minimum atomic E-state index is -0.354. The van der Waals surface area contributed by atoms with Crippen LogP contribution < -0.4 is 24.3 Å². The van der Waals surface area contributed by atoms with Gasteiger partial charge in [0.2, 0.25) is 0 Å². The summed E-state index contributed by atoms with van der Waals surface area (Å²) in [4.78, 5) is 17.7. The summed E-state index contributed by atoms with van der Waals surface area (Å²) in [6, 6.07) is 14.8. The largest absolute Gasteiger partial charge is 0.493 e. The van der Waals surface area contributed by atoms with Crippen molar-refractivity contribution in [3.8, 4) is 34.1 Å². The van der Waals surface area contributed by atoms with Crippen LogP contribution in [0.4, 0.5) is 5.69 Å². The highest BCUT2D eigenvalue weighted by molar-refractivity contribution is 9.10. The Balaban J connectivity index is 1.90. The van der Waals surface area contributed by atoms with E-state index in [0.717, 1.165) is 21.9 Å². The van der Waals surface area contributed by atoms with Crippen LogP contribution in [0.5, 0.6) is 23.0 Å². The zero-order valence-electron chi connectivity index (χ0n) is 19.1. The van der Waals surface area contributed by atoms with Crippen molar-refractivity contribution in [3.63, 3.8) is 0 Å². The fraction of sp³-hybridized carbons (Fsp3) is 0.154. The molecule has 1 aromatic heterocycles. The van der Waals surface area contributed by atoms with Gasteiger partial charge in [0.05, 0.1) is 34.0 Å². The standard InChI is InChI=1S/C26H23BrN2O5/c1-31-20-11-10-18(27)23(24(20)33-3)26(30)29-19-9-5-8-16-17(19)13-21(32-2)25(34-4)22(16)15-7-6-12-28-14-15/h5-14H,1-4H3,(H,29,30). The maximum atomic E-state index is 13.4. The van der Waals surface area contributed by atoms with E-state index >= 15 is 0 Å². The number of ether oxygens (including phenoxy) is 4. The number of carbonyl (C=O) groups is 1. The van der Waals surface area contributed by atoms with E-state index in [9.17, 15) is 4.79 Å². The van der Waals surface area contributed by atoms with Gasteiger partial charge in [-0.1, -0.05) is 18.2 Å². The predicted molar refractivity (Wildman–Crippen MR) is 135 cm³/mol. The smallest absolute Gasteiger partial charge is 0.260 e. The first-order valence-electron chi connectivity index (χ1n) is 10.3. The normalized spacial score (nSPS) is 10.6. The van der Waals surface area contributed by atoms with Crippen LogP contribution in [0.1, 0.15) is 10.4 Å². The molecule has 1 heterocycles. The Morgan fingerprint density at radius 3 is 2.26 bits per heavy atom. The lowest BCUT2D eigenvalue weighted by Gasteiger charge is -2.19. The fourth-order valence-corrected chi connectivity index (χ4v) is 4.43. The van der Waals surface area contributed by atoms with E-state index in [-0.39, 0.29) is 5.91 Å². The first kappa shape index (κ1) is 23.4. The van der Waals surface area contributed by atoms with Crippen LogP contribution in [0.25, 0.3) is 21.9 Å². The highest BCUT2D eigenvalue weighted by atomic mass is 79.9. The number of hydrogen-bond donors (Lipinski definition) is 1. The van der Waals surface area contributed by atoms with Crippen molar-refractivity contribution >= 4 is 38.3 Å². The molecule has 0 radical (unpaired) electrons. The molecular weight excluding hydrogens is 500 g/mol. The number of hydrogen-bond acceptors (Lipinski definition) is 6. The minimum Gasteiger partial charge on any atom is -0.493 e. The molecule has 8 heteroatoms. The lowest BCUT2D eigenvalue weighted by molar-refractivity contribution is 0.102. The van der Waals surface area contributed by atoms with Crippen molar-refractivity contribution in [2.24, 2.45) is 0 Å². The van der Waals surface area contributed by atoms with Crippen LogP contribution in [0.3, 0.4) is 0 Å². The van der Waals surface area contributed by atoms with Crippen molar-refractivity contribution < 1.29 is 23.7 Å². The summed E-state index contributed by atoms with van der Waals surface area (Å²) in [5, 5.41) is 4.68. The molecule has 34 heavy (non-hydrogen) atoms. The fourth-order valence-electron chi connectivity index (χ4n) is 3.94. The Morgan fingerprint density at radius 2 is 1.62 bits per heavy atom. The van der Waals surface area contributed by atoms with E-state index in [1.807, 2.05) is 36.4 Å². The van der Waals surface area contributed by atoms with E-state index in [2.05, 4.69) is 26.2 Å². The zero-order chi connectivity index (χ0) is 24.2. The van der Waals surface area contributed by atoms with Crippen LogP contribution in [0.2, 0.25) is 0 Å². The van der Waals surface area contributed by atoms with Crippen LogP contribution >= 0.6 is 15.9 Å². The van der Waals surface area contributed by atoms with Crippen LogP contribution in [-0.2, 0) is 0 Å². The number of methoxy groups -OCH3 is 4. The molecule has 0 unspecified atom stereocenters. The van der Waals surface area contributed by atoms with Gasteiger partial charge in [0, 0.05) is 39.1 Å². The number of halogens is 1. The third-order valence-electron chi connectivity index (χ3n) is 5.45. The summed E-state index contributed by atoms with van der Waals surface area (Å²) in [7, 11) is 6.20. The Labute approximate surface area is 205 Å². The van der Waals surface area contributed by atoms with Gasteiger partial charge in [-0.3, -0.25) is 9.78 Å². The molecule has 0 spiro atoms. The average Bonchev–Trinajstić information content (AvgIpc) is 2.87. The Kier molecular flexibility index (Phi) is 6.88. The Bertz CT molecular complexity index is 1360. The summed E-state index contributed by atoms with van der Waals surface area (Å²) < 4.78 is 22.8. The van der Waals surface area contributed by atoms with Crippen molar-refractivity contribution in [2.45, 2.75) is 0 Å². The molecule has 0 fully saturated rings. The molecule has 4 aromatic rings. The molecule has 4 rings (SSSR count). The second-order valence-electron chi connectivity index (χ2n) is 7.24. The number of nitrogens with zero attached hydrogens (tertiary/aromatic N) is 1. The number of anilines is 1. The van der Waals surface area contributed by atoms with Crippen LogP contribution in [0.15, 0.2) is 65.4 Å². The summed E-state index contributed by atoms with van der Waals surface area (Å²) in [5.74, 6) is 1.57. The summed E-state index contributed by atoms with van der Waals surface area (Å²) in [6.07, 6.45) is 3.48. The van der Waals surface area contributed by atoms with Gasteiger partial charge < -0.3 is 24.3 Å². The molecule has 7 nitrogen and oxygen atoms in total.